The Bertz CT molecular complexity index is 712. The number of hydrogen-bond donors (Lipinski definition) is 2. The van der Waals surface area contributed by atoms with Crippen LogP contribution in [-0.4, -0.2) is 20.4 Å². The van der Waals surface area contributed by atoms with Gasteiger partial charge in [-0.15, -0.1) is 0 Å². The van der Waals surface area contributed by atoms with E-state index < -0.39 is 10.0 Å². The van der Waals surface area contributed by atoms with E-state index in [4.69, 9.17) is 10.5 Å². The molecule has 2 rings (SSSR count). The van der Waals surface area contributed by atoms with Gasteiger partial charge in [0.25, 0.3) is 0 Å². The maximum absolute atomic E-state index is 12.0. The summed E-state index contributed by atoms with van der Waals surface area (Å²) in [5.41, 5.74) is 6.82. The molecule has 7 heteroatoms. The lowest BCUT2D eigenvalue weighted by atomic mass is 10.3. The minimum absolute atomic E-state index is 0.0134. The van der Waals surface area contributed by atoms with Crippen molar-refractivity contribution in [1.29, 1.82) is 0 Å². The molecule has 0 aliphatic carbocycles. The summed E-state index contributed by atoms with van der Waals surface area (Å²) in [6.07, 6.45) is 1.53. The number of hydrogen-bond acceptors (Lipinski definition) is 5. The molecule has 20 heavy (non-hydrogen) atoms. The molecule has 6 nitrogen and oxygen atoms in total. The van der Waals surface area contributed by atoms with Gasteiger partial charge in [0.05, 0.1) is 6.20 Å². The van der Waals surface area contributed by atoms with Crippen molar-refractivity contribution in [3.05, 3.63) is 42.2 Å². The first kappa shape index (κ1) is 14.3. The Balaban J connectivity index is 2.44. The Hall–Kier alpha value is -2.12. The molecule has 0 fully saturated rings. The maximum atomic E-state index is 12.0. The average Bonchev–Trinajstić information content (AvgIpc) is 2.43. The second-order valence-corrected chi connectivity index (χ2v) is 6.01. The van der Waals surface area contributed by atoms with Crippen molar-refractivity contribution in [2.24, 2.45) is 0 Å². The standard InChI is InChI=1S/C13H15N3O3S/c1-9-3-5-11(8-16-9)19-12-6-4-10(14)7-13(12)20(17,18)15-2/h3-8,15H,14H2,1-2H3. The van der Waals surface area contributed by atoms with E-state index >= 15 is 0 Å². The molecule has 1 aromatic carbocycles. The molecule has 1 heterocycles. The predicted octanol–water partition coefficient (Wildman–Crippen LogP) is 1.67. The molecule has 0 aliphatic heterocycles. The van der Waals surface area contributed by atoms with E-state index in [1.165, 1.54) is 25.4 Å². The maximum Gasteiger partial charge on any atom is 0.244 e. The molecule has 0 spiro atoms. The van der Waals surface area contributed by atoms with Gasteiger partial charge >= 0.3 is 0 Å². The third-order valence-corrected chi connectivity index (χ3v) is 4.07. The number of rotatable bonds is 4. The predicted molar refractivity (Wildman–Crippen MR) is 76.1 cm³/mol. The highest BCUT2D eigenvalue weighted by atomic mass is 32.2. The quantitative estimate of drug-likeness (QED) is 0.836. The molecule has 1 aromatic heterocycles. The van der Waals surface area contributed by atoms with Crippen molar-refractivity contribution in [2.45, 2.75) is 11.8 Å². The molecule has 0 radical (unpaired) electrons. The molecule has 0 bridgehead atoms. The highest BCUT2D eigenvalue weighted by Crippen LogP contribution is 2.30. The van der Waals surface area contributed by atoms with Crippen molar-refractivity contribution in [3.8, 4) is 11.5 Å². The molecule has 0 saturated heterocycles. The zero-order valence-corrected chi connectivity index (χ0v) is 11.9. The van der Waals surface area contributed by atoms with Crippen molar-refractivity contribution in [1.82, 2.24) is 9.71 Å². The van der Waals surface area contributed by atoms with Crippen LogP contribution >= 0.6 is 0 Å². The van der Waals surface area contributed by atoms with Crippen molar-refractivity contribution >= 4 is 15.7 Å². The van der Waals surface area contributed by atoms with Gasteiger partial charge in [-0.3, -0.25) is 4.98 Å². The Labute approximate surface area is 117 Å². The summed E-state index contributed by atoms with van der Waals surface area (Å²) in [6, 6.07) is 7.93. The van der Waals surface area contributed by atoms with Crippen LogP contribution in [0.1, 0.15) is 5.69 Å². The highest BCUT2D eigenvalue weighted by molar-refractivity contribution is 7.89. The molecule has 106 valence electrons. The third kappa shape index (κ3) is 3.06. The van der Waals surface area contributed by atoms with Gasteiger partial charge in [-0.25, -0.2) is 13.1 Å². The number of nitrogen functional groups attached to an aromatic ring is 1. The number of pyridine rings is 1. The third-order valence-electron chi connectivity index (χ3n) is 2.64. The van der Waals surface area contributed by atoms with Crippen LogP contribution in [0.5, 0.6) is 11.5 Å². The summed E-state index contributed by atoms with van der Waals surface area (Å²) < 4.78 is 31.7. The van der Waals surface area contributed by atoms with Crippen LogP contribution in [0.25, 0.3) is 0 Å². The van der Waals surface area contributed by atoms with Crippen molar-refractivity contribution in [3.63, 3.8) is 0 Å². The second kappa shape index (κ2) is 5.48. The van der Waals surface area contributed by atoms with Crippen LogP contribution < -0.4 is 15.2 Å². The Kier molecular flexibility index (Phi) is 3.91. The minimum Gasteiger partial charge on any atom is -0.454 e. The van der Waals surface area contributed by atoms with E-state index in [1.54, 1.807) is 18.2 Å². The number of sulfonamides is 1. The molecule has 0 saturated carbocycles. The van der Waals surface area contributed by atoms with E-state index in [2.05, 4.69) is 9.71 Å². The summed E-state index contributed by atoms with van der Waals surface area (Å²) in [5.74, 6) is 0.645. The average molecular weight is 293 g/mol. The fourth-order valence-corrected chi connectivity index (χ4v) is 2.46. The first-order valence-corrected chi connectivity index (χ1v) is 7.34. The van der Waals surface area contributed by atoms with Gasteiger partial charge in [0.1, 0.15) is 16.4 Å². The van der Waals surface area contributed by atoms with Gasteiger partial charge in [-0.05, 0) is 44.3 Å². The highest BCUT2D eigenvalue weighted by Gasteiger charge is 2.18. The monoisotopic (exact) mass is 293 g/mol. The number of nitrogens with zero attached hydrogens (tertiary/aromatic N) is 1. The topological polar surface area (TPSA) is 94.3 Å². The van der Waals surface area contributed by atoms with Crippen LogP contribution in [-0.2, 0) is 10.0 Å². The van der Waals surface area contributed by atoms with Gasteiger partial charge in [-0.2, -0.15) is 0 Å². The first-order chi connectivity index (χ1) is 9.42. The number of anilines is 1. The van der Waals surface area contributed by atoms with E-state index in [0.29, 0.717) is 11.4 Å². The number of aromatic nitrogens is 1. The van der Waals surface area contributed by atoms with Crippen molar-refractivity contribution in [2.75, 3.05) is 12.8 Å². The van der Waals surface area contributed by atoms with Gasteiger partial charge in [0.15, 0.2) is 0 Å². The van der Waals surface area contributed by atoms with Gasteiger partial charge < -0.3 is 10.5 Å². The normalized spacial score (nSPS) is 11.3. The summed E-state index contributed by atoms with van der Waals surface area (Å²) in [6.45, 7) is 1.85. The number of ether oxygens (including phenoxy) is 1. The number of nitrogens with two attached hydrogens (primary N) is 1. The van der Waals surface area contributed by atoms with Crippen molar-refractivity contribution < 1.29 is 13.2 Å². The lowest BCUT2D eigenvalue weighted by Crippen LogP contribution is -2.19. The molecular formula is C13H15N3O3S. The summed E-state index contributed by atoms with van der Waals surface area (Å²) in [7, 11) is -2.33. The van der Waals surface area contributed by atoms with Crippen LogP contribution in [0, 0.1) is 6.92 Å². The summed E-state index contributed by atoms with van der Waals surface area (Å²) >= 11 is 0. The fourth-order valence-electron chi connectivity index (χ4n) is 1.57. The zero-order chi connectivity index (χ0) is 14.8. The first-order valence-electron chi connectivity index (χ1n) is 5.86. The molecule has 0 aliphatic rings. The molecule has 2 aromatic rings. The SMILES string of the molecule is CNS(=O)(=O)c1cc(N)ccc1Oc1ccc(C)nc1. The fraction of sp³-hybridized carbons (Fsp3) is 0.154. The Morgan fingerprint density at radius 2 is 2.00 bits per heavy atom. The van der Waals surface area contributed by atoms with E-state index in [9.17, 15) is 8.42 Å². The van der Waals surface area contributed by atoms with Gasteiger partial charge in [0, 0.05) is 11.4 Å². The lowest BCUT2D eigenvalue weighted by molar-refractivity contribution is 0.464. The molecular weight excluding hydrogens is 278 g/mol. The number of benzene rings is 1. The largest absolute Gasteiger partial charge is 0.454 e. The van der Waals surface area contributed by atoms with Gasteiger partial charge in [0.2, 0.25) is 10.0 Å². The molecule has 3 N–H and O–H groups in total. The minimum atomic E-state index is -3.66. The lowest BCUT2D eigenvalue weighted by Gasteiger charge is -2.11. The van der Waals surface area contributed by atoms with Crippen LogP contribution in [0.3, 0.4) is 0 Å². The Morgan fingerprint density at radius 1 is 1.25 bits per heavy atom. The smallest absolute Gasteiger partial charge is 0.244 e. The number of aryl methyl sites for hydroxylation is 1. The summed E-state index contributed by atoms with van der Waals surface area (Å²) in [4.78, 5) is 4.08. The van der Waals surface area contributed by atoms with E-state index in [-0.39, 0.29) is 10.6 Å². The Morgan fingerprint density at radius 3 is 2.60 bits per heavy atom. The molecule has 0 unspecified atom stereocenters. The van der Waals surface area contributed by atoms with Gasteiger partial charge in [-0.1, -0.05) is 0 Å². The van der Waals surface area contributed by atoms with E-state index in [0.717, 1.165) is 5.69 Å². The van der Waals surface area contributed by atoms with Crippen LogP contribution in [0.15, 0.2) is 41.4 Å². The zero-order valence-electron chi connectivity index (χ0n) is 11.1. The van der Waals surface area contributed by atoms with E-state index in [1.807, 2.05) is 6.92 Å². The van der Waals surface area contributed by atoms with Crippen LogP contribution in [0.4, 0.5) is 5.69 Å². The van der Waals surface area contributed by atoms with Crippen LogP contribution in [0.2, 0.25) is 0 Å². The second-order valence-electron chi connectivity index (χ2n) is 4.15. The molecule has 0 amide bonds. The molecule has 0 atom stereocenters. The summed E-state index contributed by atoms with van der Waals surface area (Å²) in [5, 5.41) is 0. The number of nitrogens with one attached hydrogen (secondary N) is 1.